The highest BCUT2D eigenvalue weighted by molar-refractivity contribution is 5.95. The highest BCUT2D eigenvalue weighted by atomic mass is 19.4. The van der Waals surface area contributed by atoms with E-state index in [1.807, 2.05) is 0 Å². The number of amidine groups is 1. The van der Waals surface area contributed by atoms with Crippen LogP contribution in [-0.4, -0.2) is 32.8 Å². The Morgan fingerprint density at radius 2 is 2.00 bits per heavy atom. The molecule has 7 nitrogen and oxygen atoms in total. The third-order valence-corrected chi connectivity index (χ3v) is 6.53. The molecule has 174 valence electrons. The van der Waals surface area contributed by atoms with E-state index in [1.54, 1.807) is 6.92 Å². The molecule has 0 radical (unpaired) electrons. The Bertz CT molecular complexity index is 1230. The zero-order chi connectivity index (χ0) is 24.1. The van der Waals surface area contributed by atoms with Crippen LogP contribution in [0.5, 0.6) is 5.75 Å². The number of nitrogen functional groups attached to an aromatic ring is 1. The molecule has 0 saturated heterocycles. The molecule has 2 aliphatic carbocycles. The molecule has 2 aliphatic rings. The van der Waals surface area contributed by atoms with E-state index >= 15 is 0 Å². The van der Waals surface area contributed by atoms with Gasteiger partial charge in [-0.15, -0.1) is 0 Å². The third kappa shape index (κ3) is 3.69. The summed E-state index contributed by atoms with van der Waals surface area (Å²) >= 11 is 0. The van der Waals surface area contributed by atoms with Gasteiger partial charge in [0.25, 0.3) is 0 Å². The van der Waals surface area contributed by atoms with Gasteiger partial charge in [0, 0.05) is 16.8 Å². The summed E-state index contributed by atoms with van der Waals surface area (Å²) in [6, 6.07) is 3.84. The second kappa shape index (κ2) is 7.79. The van der Waals surface area contributed by atoms with Gasteiger partial charge in [0.05, 0.1) is 11.4 Å². The van der Waals surface area contributed by atoms with Crippen molar-refractivity contribution in [2.75, 3.05) is 0 Å². The summed E-state index contributed by atoms with van der Waals surface area (Å²) < 4.78 is 46.3. The zero-order valence-corrected chi connectivity index (χ0v) is 18.0. The number of primary amides is 1. The van der Waals surface area contributed by atoms with Crippen LogP contribution in [0, 0.1) is 17.7 Å². The minimum absolute atomic E-state index is 0.0443. The average molecular weight is 459 g/mol. The number of phenols is 1. The van der Waals surface area contributed by atoms with Crippen LogP contribution in [-0.2, 0) is 24.1 Å². The number of amides is 1. The predicted octanol–water partition coefficient (Wildman–Crippen LogP) is 3.12. The van der Waals surface area contributed by atoms with E-state index in [0.717, 1.165) is 24.1 Å². The molecule has 0 aliphatic heterocycles. The van der Waals surface area contributed by atoms with Gasteiger partial charge in [0.2, 0.25) is 5.91 Å². The van der Waals surface area contributed by atoms with Crippen molar-refractivity contribution >= 4 is 17.4 Å². The Hall–Kier alpha value is -3.56. The number of aromatic hydroxyl groups is 1. The normalized spacial score (nSPS) is 20.2. The second-order valence-corrected chi connectivity index (χ2v) is 8.57. The van der Waals surface area contributed by atoms with Crippen molar-refractivity contribution in [3.05, 3.63) is 64.0 Å². The monoisotopic (exact) mass is 459 g/mol. The van der Waals surface area contributed by atoms with Crippen molar-refractivity contribution in [1.29, 1.82) is 5.41 Å². The van der Waals surface area contributed by atoms with E-state index in [4.69, 9.17) is 16.9 Å². The number of fused-ring (bicyclic) bond motifs is 1. The minimum Gasteiger partial charge on any atom is -0.508 e. The largest absolute Gasteiger partial charge is 0.508 e. The van der Waals surface area contributed by atoms with Crippen molar-refractivity contribution in [1.82, 2.24) is 9.78 Å². The lowest BCUT2D eigenvalue weighted by Crippen LogP contribution is -2.45. The van der Waals surface area contributed by atoms with Gasteiger partial charge in [-0.3, -0.25) is 10.2 Å². The number of phenolic OH excluding ortho intramolecular Hbond substituents is 1. The number of halogens is 3. The van der Waals surface area contributed by atoms with Gasteiger partial charge in [0.15, 0.2) is 0 Å². The van der Waals surface area contributed by atoms with E-state index in [9.17, 15) is 23.1 Å². The maximum absolute atomic E-state index is 15.0. The van der Waals surface area contributed by atoms with Crippen molar-refractivity contribution in [3.63, 3.8) is 0 Å². The van der Waals surface area contributed by atoms with Crippen molar-refractivity contribution < 1.29 is 23.1 Å². The number of aryl methyl sites for hydroxylation is 1. The fourth-order valence-electron chi connectivity index (χ4n) is 4.80. The van der Waals surface area contributed by atoms with Gasteiger partial charge in [-0.2, -0.15) is 18.3 Å². The van der Waals surface area contributed by atoms with Gasteiger partial charge in [-0.05, 0) is 74.4 Å². The molecule has 1 aromatic carbocycles. The van der Waals surface area contributed by atoms with Crippen molar-refractivity contribution in [3.8, 4) is 5.75 Å². The molecular formula is C23H24F3N5O2. The maximum atomic E-state index is 15.0. The first-order chi connectivity index (χ1) is 15.4. The molecular weight excluding hydrogens is 435 g/mol. The van der Waals surface area contributed by atoms with E-state index in [1.165, 1.54) is 35.0 Å². The molecule has 6 N–H and O–H groups in total. The topological polar surface area (TPSA) is 131 Å². The van der Waals surface area contributed by atoms with Crippen LogP contribution in [0.2, 0.25) is 0 Å². The van der Waals surface area contributed by atoms with Crippen LogP contribution < -0.4 is 11.5 Å². The molecule has 1 unspecified atom stereocenters. The number of carbonyl (C=O) groups is 1. The second-order valence-electron chi connectivity index (χ2n) is 8.57. The Labute approximate surface area is 188 Å². The molecule has 0 saturated carbocycles. The fraction of sp³-hybridized carbons (Fsp3) is 0.348. The Morgan fingerprint density at radius 3 is 2.64 bits per heavy atom. The number of carbonyl (C=O) groups excluding carboxylic acids is 1. The van der Waals surface area contributed by atoms with Gasteiger partial charge in [0.1, 0.15) is 17.0 Å². The molecule has 0 fully saturated rings. The number of nitrogens with zero attached hydrogens (tertiary/aromatic N) is 2. The van der Waals surface area contributed by atoms with Crippen molar-refractivity contribution in [2.45, 2.75) is 45.2 Å². The summed E-state index contributed by atoms with van der Waals surface area (Å²) in [6.07, 6.45) is -1.47. The van der Waals surface area contributed by atoms with Crippen LogP contribution in [0.15, 0.2) is 35.9 Å². The molecule has 1 aromatic heterocycles. The molecule has 4 rings (SSSR count). The third-order valence-electron chi connectivity index (χ3n) is 6.53. The summed E-state index contributed by atoms with van der Waals surface area (Å²) in [5.74, 6) is -1.64. The number of alkyl halides is 3. The summed E-state index contributed by atoms with van der Waals surface area (Å²) in [5, 5.41) is 22.4. The molecule has 1 amide bonds. The van der Waals surface area contributed by atoms with Gasteiger partial charge < -0.3 is 16.6 Å². The maximum Gasteiger partial charge on any atom is 0.400 e. The summed E-state index contributed by atoms with van der Waals surface area (Å²) in [4.78, 5) is 11.9. The lowest BCUT2D eigenvalue weighted by molar-refractivity contribution is -0.203. The number of hydrogen-bond acceptors (Lipinski definition) is 4. The zero-order valence-electron chi connectivity index (χ0n) is 18.0. The molecule has 33 heavy (non-hydrogen) atoms. The molecule has 0 spiro atoms. The average Bonchev–Trinajstić information content (AvgIpc) is 3.33. The number of hydrogen-bond donors (Lipinski definition) is 4. The summed E-state index contributed by atoms with van der Waals surface area (Å²) in [6.45, 7) is 1.77. The molecule has 0 bridgehead atoms. The Kier molecular flexibility index (Phi) is 5.34. The van der Waals surface area contributed by atoms with Crippen LogP contribution in [0.4, 0.5) is 13.2 Å². The van der Waals surface area contributed by atoms with Gasteiger partial charge in [-0.25, -0.2) is 4.68 Å². The standard InChI is InChI=1S/C23H24F3N5O2/c1-12-16-3-2-4-17(16)31(30-12)19-8-6-14(21(29)33)10-22(19,23(24,25)26)11-15-9-13(20(27)28)5-7-18(15)32/h5-9,32H,2-4,10-11H2,1H3,(H3,27,28)(H2,29,33). The Morgan fingerprint density at radius 1 is 1.27 bits per heavy atom. The molecule has 1 atom stereocenters. The van der Waals surface area contributed by atoms with Crippen LogP contribution in [0.25, 0.3) is 5.70 Å². The summed E-state index contributed by atoms with van der Waals surface area (Å²) in [7, 11) is 0. The highest BCUT2D eigenvalue weighted by Gasteiger charge is 2.59. The number of nitrogens with one attached hydrogen (secondary N) is 1. The Balaban J connectivity index is 1.95. The lowest BCUT2D eigenvalue weighted by atomic mass is 9.70. The first kappa shape index (κ1) is 22.6. The minimum atomic E-state index is -4.82. The smallest absolute Gasteiger partial charge is 0.400 e. The van der Waals surface area contributed by atoms with Gasteiger partial charge >= 0.3 is 6.18 Å². The highest BCUT2D eigenvalue weighted by Crippen LogP contribution is 2.55. The number of allylic oxidation sites excluding steroid dienone is 3. The van der Waals surface area contributed by atoms with E-state index in [2.05, 4.69) is 5.10 Å². The fourth-order valence-corrected chi connectivity index (χ4v) is 4.80. The number of rotatable bonds is 5. The first-order valence-corrected chi connectivity index (χ1v) is 10.5. The SMILES string of the molecule is Cc1nn(C2=CC=C(C(N)=O)CC2(Cc2cc(C(=N)N)ccc2O)C(F)(F)F)c2c1CCC2. The number of nitrogens with two attached hydrogens (primary N) is 2. The quantitative estimate of drug-likeness (QED) is 0.404. The van der Waals surface area contributed by atoms with E-state index in [0.29, 0.717) is 12.1 Å². The lowest BCUT2D eigenvalue weighted by Gasteiger charge is -2.40. The van der Waals surface area contributed by atoms with Crippen molar-refractivity contribution in [2.24, 2.45) is 16.9 Å². The van der Waals surface area contributed by atoms with E-state index < -0.39 is 30.3 Å². The molecule has 10 heteroatoms. The predicted molar refractivity (Wildman–Crippen MR) is 116 cm³/mol. The molecule has 2 aromatic rings. The van der Waals surface area contributed by atoms with Crippen LogP contribution in [0.3, 0.4) is 0 Å². The van der Waals surface area contributed by atoms with Gasteiger partial charge in [-0.1, -0.05) is 6.08 Å². The summed E-state index contributed by atoms with van der Waals surface area (Å²) in [5.41, 5.74) is 10.5. The van der Waals surface area contributed by atoms with E-state index in [-0.39, 0.29) is 34.0 Å². The van der Waals surface area contributed by atoms with Crippen LogP contribution in [0.1, 0.15) is 40.9 Å². The number of aromatic nitrogens is 2. The first-order valence-electron chi connectivity index (χ1n) is 10.5. The number of benzene rings is 1. The van der Waals surface area contributed by atoms with Crippen LogP contribution >= 0.6 is 0 Å². The molecule has 1 heterocycles.